The molecule has 8 heteroatoms. The Hall–Kier alpha value is -2.74. The Bertz CT molecular complexity index is 896. The van der Waals surface area contributed by atoms with Gasteiger partial charge in [-0.1, -0.05) is 0 Å². The normalized spacial score (nSPS) is 13.0. The molecule has 2 aromatic rings. The number of amides is 1. The van der Waals surface area contributed by atoms with Crippen LogP contribution in [0.15, 0.2) is 18.2 Å². The summed E-state index contributed by atoms with van der Waals surface area (Å²) < 4.78 is 5.08. The zero-order valence-electron chi connectivity index (χ0n) is 15.2. The van der Waals surface area contributed by atoms with Crippen LogP contribution in [0.1, 0.15) is 44.1 Å². The Kier molecular flexibility index (Phi) is 5.55. The highest BCUT2D eigenvalue weighted by atomic mass is 32.1. The van der Waals surface area contributed by atoms with Gasteiger partial charge in [0, 0.05) is 10.9 Å². The van der Waals surface area contributed by atoms with Crippen LogP contribution in [0.2, 0.25) is 0 Å². The largest absolute Gasteiger partial charge is 0.451 e. The van der Waals surface area contributed by atoms with E-state index in [9.17, 15) is 19.7 Å². The van der Waals surface area contributed by atoms with Crippen LogP contribution in [0.3, 0.4) is 0 Å². The van der Waals surface area contributed by atoms with Gasteiger partial charge in [0.25, 0.3) is 11.6 Å². The summed E-state index contributed by atoms with van der Waals surface area (Å²) in [4.78, 5) is 36.6. The number of esters is 1. The maximum atomic E-state index is 12.2. The molecule has 0 radical (unpaired) electrons. The fraction of sp³-hybridized carbons (Fsp3) is 0.368. The Morgan fingerprint density at radius 1 is 1.19 bits per heavy atom. The summed E-state index contributed by atoms with van der Waals surface area (Å²) in [6.45, 7) is 3.06. The highest BCUT2D eigenvalue weighted by Crippen LogP contribution is 2.30. The number of nitro benzene ring substituents is 1. The van der Waals surface area contributed by atoms with Gasteiger partial charge in [0.2, 0.25) is 0 Å². The van der Waals surface area contributed by atoms with Gasteiger partial charge in [-0.2, -0.15) is 0 Å². The van der Waals surface area contributed by atoms with E-state index >= 15 is 0 Å². The predicted molar refractivity (Wildman–Crippen MR) is 102 cm³/mol. The van der Waals surface area contributed by atoms with Crippen LogP contribution < -0.4 is 5.32 Å². The molecule has 1 aliphatic rings. The van der Waals surface area contributed by atoms with Crippen molar-refractivity contribution in [1.82, 2.24) is 0 Å². The summed E-state index contributed by atoms with van der Waals surface area (Å²) >= 11 is 1.41. The van der Waals surface area contributed by atoms with Crippen LogP contribution in [-0.2, 0) is 22.4 Å². The second kappa shape index (κ2) is 7.87. The van der Waals surface area contributed by atoms with E-state index in [1.54, 1.807) is 19.9 Å². The van der Waals surface area contributed by atoms with Crippen molar-refractivity contribution in [2.24, 2.45) is 0 Å². The highest BCUT2D eigenvalue weighted by Gasteiger charge is 2.21. The van der Waals surface area contributed by atoms with E-state index in [1.165, 1.54) is 27.8 Å². The third-order valence-electron chi connectivity index (χ3n) is 4.61. The number of benzene rings is 1. The van der Waals surface area contributed by atoms with Gasteiger partial charge in [0.05, 0.1) is 4.92 Å². The van der Waals surface area contributed by atoms with Crippen molar-refractivity contribution in [3.8, 4) is 0 Å². The number of hydrogen-bond donors (Lipinski definition) is 1. The molecule has 0 aliphatic heterocycles. The van der Waals surface area contributed by atoms with Gasteiger partial charge in [0.15, 0.2) is 6.61 Å². The van der Waals surface area contributed by atoms with Crippen molar-refractivity contribution in [3.05, 3.63) is 54.8 Å². The smallest absolute Gasteiger partial charge is 0.348 e. The maximum Gasteiger partial charge on any atom is 0.348 e. The molecule has 0 saturated carbocycles. The van der Waals surface area contributed by atoms with E-state index in [0.29, 0.717) is 4.88 Å². The number of nitrogens with one attached hydrogen (secondary N) is 1. The lowest BCUT2D eigenvalue weighted by molar-refractivity contribution is -0.384. The van der Waals surface area contributed by atoms with Gasteiger partial charge in [-0.15, -0.1) is 11.3 Å². The molecule has 1 aromatic carbocycles. The van der Waals surface area contributed by atoms with Gasteiger partial charge in [-0.3, -0.25) is 14.9 Å². The number of carbonyl (C=O) groups is 2. The molecular weight excluding hydrogens is 368 g/mol. The van der Waals surface area contributed by atoms with Crippen LogP contribution in [0.25, 0.3) is 0 Å². The van der Waals surface area contributed by atoms with Crippen LogP contribution in [0.5, 0.6) is 0 Å². The maximum absolute atomic E-state index is 12.2. The molecule has 1 amide bonds. The SMILES string of the molecule is Cc1cc(NC(=O)COC(=O)c2cc3c(s2)CCCC3)c([N+](=O)[O-])cc1C. The number of thiophene rings is 1. The van der Waals surface area contributed by atoms with Crippen molar-refractivity contribution in [2.75, 3.05) is 11.9 Å². The average Bonchev–Trinajstić information content (AvgIpc) is 3.06. The van der Waals surface area contributed by atoms with Gasteiger partial charge >= 0.3 is 5.97 Å². The molecular formula is C19H20N2O5S. The van der Waals surface area contributed by atoms with Crippen LogP contribution in [0.4, 0.5) is 11.4 Å². The van der Waals surface area contributed by atoms with Crippen LogP contribution >= 0.6 is 11.3 Å². The lowest BCUT2D eigenvalue weighted by atomic mass is 9.99. The third kappa shape index (κ3) is 4.33. The quantitative estimate of drug-likeness (QED) is 0.475. The van der Waals surface area contributed by atoms with E-state index in [2.05, 4.69) is 5.32 Å². The highest BCUT2D eigenvalue weighted by molar-refractivity contribution is 7.14. The number of carbonyl (C=O) groups excluding carboxylic acids is 2. The summed E-state index contributed by atoms with van der Waals surface area (Å²) in [5, 5.41) is 13.6. The number of hydrogen-bond acceptors (Lipinski definition) is 6. The number of aryl methyl sites for hydroxylation is 4. The molecule has 1 aromatic heterocycles. The van der Waals surface area contributed by atoms with Gasteiger partial charge < -0.3 is 10.1 Å². The molecule has 27 heavy (non-hydrogen) atoms. The van der Waals surface area contributed by atoms with E-state index in [4.69, 9.17) is 4.74 Å². The number of ether oxygens (including phenoxy) is 1. The molecule has 0 unspecified atom stereocenters. The molecule has 1 heterocycles. The van der Waals surface area contributed by atoms with E-state index in [-0.39, 0.29) is 11.4 Å². The number of nitrogens with zero attached hydrogens (tertiary/aromatic N) is 1. The first-order chi connectivity index (χ1) is 12.8. The first kappa shape index (κ1) is 19.0. The van der Waals surface area contributed by atoms with Gasteiger partial charge in [-0.05, 0) is 68.4 Å². The second-order valence-corrected chi connectivity index (χ2v) is 7.74. The van der Waals surface area contributed by atoms with Crippen molar-refractivity contribution in [3.63, 3.8) is 0 Å². The number of anilines is 1. The molecule has 0 bridgehead atoms. The lowest BCUT2D eigenvalue weighted by Gasteiger charge is -2.09. The minimum Gasteiger partial charge on any atom is -0.451 e. The lowest BCUT2D eigenvalue weighted by Crippen LogP contribution is -2.21. The minimum atomic E-state index is -0.615. The Balaban J connectivity index is 1.63. The third-order valence-corrected chi connectivity index (χ3v) is 5.83. The van der Waals surface area contributed by atoms with E-state index < -0.39 is 23.4 Å². The topological polar surface area (TPSA) is 98.5 Å². The molecule has 7 nitrogen and oxygen atoms in total. The monoisotopic (exact) mass is 388 g/mol. The second-order valence-electron chi connectivity index (χ2n) is 6.60. The molecule has 0 saturated heterocycles. The zero-order chi connectivity index (χ0) is 19.6. The fourth-order valence-electron chi connectivity index (χ4n) is 3.03. The van der Waals surface area contributed by atoms with Crippen molar-refractivity contribution in [1.29, 1.82) is 0 Å². The zero-order valence-corrected chi connectivity index (χ0v) is 16.0. The summed E-state index contributed by atoms with van der Waals surface area (Å²) in [6.07, 6.45) is 4.19. The molecule has 0 fully saturated rings. The van der Waals surface area contributed by atoms with E-state index in [1.807, 2.05) is 6.07 Å². The first-order valence-electron chi connectivity index (χ1n) is 8.69. The molecule has 3 rings (SSSR count). The Morgan fingerprint density at radius 2 is 1.89 bits per heavy atom. The standard InChI is InChI=1S/C19H20N2O5S/c1-11-7-14(15(21(24)25)8-12(11)2)20-18(22)10-26-19(23)17-9-13-5-3-4-6-16(13)27-17/h7-9H,3-6,10H2,1-2H3,(H,20,22). The summed E-state index contributed by atoms with van der Waals surface area (Å²) in [6, 6.07) is 4.79. The predicted octanol–water partition coefficient (Wildman–Crippen LogP) is 3.95. The van der Waals surface area contributed by atoms with Crippen molar-refractivity contribution < 1.29 is 19.2 Å². The van der Waals surface area contributed by atoms with Crippen LogP contribution in [-0.4, -0.2) is 23.4 Å². The van der Waals surface area contributed by atoms with Crippen LogP contribution in [0, 0.1) is 24.0 Å². The van der Waals surface area contributed by atoms with E-state index in [0.717, 1.165) is 36.8 Å². The van der Waals surface area contributed by atoms with Gasteiger partial charge in [0.1, 0.15) is 10.6 Å². The van der Waals surface area contributed by atoms with Crippen molar-refractivity contribution >= 4 is 34.6 Å². The molecule has 0 atom stereocenters. The fourth-order valence-corrected chi connectivity index (χ4v) is 4.18. The summed E-state index contributed by atoms with van der Waals surface area (Å²) in [5.41, 5.74) is 2.66. The summed E-state index contributed by atoms with van der Waals surface area (Å²) in [7, 11) is 0. The molecule has 1 N–H and O–H groups in total. The molecule has 142 valence electrons. The minimum absolute atomic E-state index is 0.0933. The Morgan fingerprint density at radius 3 is 2.59 bits per heavy atom. The molecule has 1 aliphatic carbocycles. The first-order valence-corrected chi connectivity index (χ1v) is 9.51. The number of rotatable bonds is 5. The molecule has 0 spiro atoms. The average molecular weight is 388 g/mol. The summed E-state index contributed by atoms with van der Waals surface area (Å²) in [5.74, 6) is -1.16. The number of fused-ring (bicyclic) bond motifs is 1. The Labute approximate surface area is 160 Å². The van der Waals surface area contributed by atoms with Crippen molar-refractivity contribution in [2.45, 2.75) is 39.5 Å². The van der Waals surface area contributed by atoms with Gasteiger partial charge in [-0.25, -0.2) is 4.79 Å². The number of nitro groups is 1.